The molecule has 10 heteroatoms. The van der Waals surface area contributed by atoms with Gasteiger partial charge in [-0.05, 0) is 49.9 Å². The molecule has 174 valence electrons. The van der Waals surface area contributed by atoms with Crippen molar-refractivity contribution < 1.29 is 22.4 Å². The van der Waals surface area contributed by atoms with Crippen molar-refractivity contribution in [1.29, 1.82) is 0 Å². The van der Waals surface area contributed by atoms with Gasteiger partial charge in [-0.1, -0.05) is 0 Å². The summed E-state index contributed by atoms with van der Waals surface area (Å²) in [5.74, 6) is -4.71. The Labute approximate surface area is 191 Å². The number of fused-ring (bicyclic) bond motifs is 5. The van der Waals surface area contributed by atoms with Crippen LogP contribution in [0.1, 0.15) is 46.9 Å². The van der Waals surface area contributed by atoms with Crippen molar-refractivity contribution >= 4 is 11.4 Å². The van der Waals surface area contributed by atoms with Crippen molar-refractivity contribution in [3.8, 4) is 11.3 Å². The molecule has 6 rings (SSSR count). The van der Waals surface area contributed by atoms with Crippen molar-refractivity contribution in [3.63, 3.8) is 0 Å². The molecule has 1 saturated heterocycles. The Kier molecular flexibility index (Phi) is 4.55. The first-order chi connectivity index (χ1) is 16.3. The van der Waals surface area contributed by atoms with Crippen LogP contribution >= 0.6 is 0 Å². The zero-order chi connectivity index (χ0) is 23.7. The fourth-order valence-electron chi connectivity index (χ4n) is 5.47. The summed E-state index contributed by atoms with van der Waals surface area (Å²) in [7, 11) is 1.67. The van der Waals surface area contributed by atoms with Gasteiger partial charge < -0.3 is 4.90 Å². The molecule has 0 saturated carbocycles. The molecule has 1 amide bonds. The lowest BCUT2D eigenvalue weighted by Crippen LogP contribution is -2.49. The van der Waals surface area contributed by atoms with Crippen LogP contribution in [0.25, 0.3) is 16.8 Å². The van der Waals surface area contributed by atoms with Gasteiger partial charge in [0.25, 0.3) is 5.91 Å². The number of carbonyl (C=O) groups is 1. The maximum atomic E-state index is 14.0. The Morgan fingerprint density at radius 1 is 1.09 bits per heavy atom. The molecule has 2 aliphatic heterocycles. The van der Waals surface area contributed by atoms with E-state index in [0.29, 0.717) is 35.3 Å². The number of piperidine rings is 1. The molecular formula is C24H19F4N5O. The lowest BCUT2D eigenvalue weighted by Gasteiger charge is -2.45. The zero-order valence-electron chi connectivity index (χ0n) is 18.1. The van der Waals surface area contributed by atoms with Crippen LogP contribution in [0.2, 0.25) is 0 Å². The van der Waals surface area contributed by atoms with E-state index in [-0.39, 0.29) is 23.6 Å². The van der Waals surface area contributed by atoms with E-state index in [1.54, 1.807) is 7.05 Å². The molecule has 0 spiro atoms. The summed E-state index contributed by atoms with van der Waals surface area (Å²) in [6.07, 6.45) is 5.46. The quantitative estimate of drug-likeness (QED) is 0.319. The second kappa shape index (κ2) is 7.41. The second-order valence-electron chi connectivity index (χ2n) is 8.84. The van der Waals surface area contributed by atoms with Crippen LogP contribution in [0, 0.1) is 23.3 Å². The molecule has 34 heavy (non-hydrogen) atoms. The first-order valence-electron chi connectivity index (χ1n) is 11.0. The van der Waals surface area contributed by atoms with E-state index < -0.39 is 23.3 Å². The minimum absolute atomic E-state index is 0.146. The van der Waals surface area contributed by atoms with E-state index >= 15 is 0 Å². The number of amides is 1. The van der Waals surface area contributed by atoms with Crippen molar-refractivity contribution in [2.75, 3.05) is 0 Å². The van der Waals surface area contributed by atoms with Gasteiger partial charge in [0.05, 0.1) is 40.9 Å². The van der Waals surface area contributed by atoms with Crippen LogP contribution < -0.4 is 0 Å². The molecule has 2 aliphatic rings. The Morgan fingerprint density at radius 2 is 1.85 bits per heavy atom. The van der Waals surface area contributed by atoms with E-state index in [4.69, 9.17) is 0 Å². The van der Waals surface area contributed by atoms with Gasteiger partial charge >= 0.3 is 0 Å². The average molecular weight is 469 g/mol. The molecule has 2 bridgehead atoms. The van der Waals surface area contributed by atoms with Crippen molar-refractivity contribution in [2.45, 2.75) is 37.8 Å². The van der Waals surface area contributed by atoms with Gasteiger partial charge in [0, 0.05) is 24.2 Å². The number of halogens is 4. The summed E-state index contributed by atoms with van der Waals surface area (Å²) >= 11 is 0. The highest BCUT2D eigenvalue weighted by atomic mass is 19.2. The minimum Gasteiger partial charge on any atom is -0.327 e. The summed E-state index contributed by atoms with van der Waals surface area (Å²) in [6, 6.07) is 4.29. The number of aryl methyl sites for hydroxylation is 1. The first-order valence-corrected chi connectivity index (χ1v) is 11.0. The largest absolute Gasteiger partial charge is 0.327 e. The van der Waals surface area contributed by atoms with Gasteiger partial charge in [0.15, 0.2) is 17.5 Å². The van der Waals surface area contributed by atoms with Crippen molar-refractivity contribution in [3.05, 3.63) is 76.7 Å². The number of nitrogens with zero attached hydrogens (tertiary/aromatic N) is 5. The number of benzene rings is 1. The average Bonchev–Trinajstić information content (AvgIpc) is 3.36. The molecule has 0 aliphatic carbocycles. The number of pyridine rings is 1. The number of hydrogen-bond acceptors (Lipinski definition) is 3. The molecule has 2 atom stereocenters. The van der Waals surface area contributed by atoms with Gasteiger partial charge in [-0.2, -0.15) is 10.2 Å². The van der Waals surface area contributed by atoms with E-state index in [2.05, 4.69) is 10.2 Å². The highest BCUT2D eigenvalue weighted by Gasteiger charge is 2.44. The molecule has 1 aromatic carbocycles. The summed E-state index contributed by atoms with van der Waals surface area (Å²) in [6.45, 7) is 0. The fourth-order valence-corrected chi connectivity index (χ4v) is 5.47. The van der Waals surface area contributed by atoms with Crippen LogP contribution in [0.4, 0.5) is 17.6 Å². The van der Waals surface area contributed by atoms with Crippen LogP contribution in [0.3, 0.4) is 0 Å². The third-order valence-electron chi connectivity index (χ3n) is 6.88. The molecule has 4 aromatic rings. The van der Waals surface area contributed by atoms with Crippen molar-refractivity contribution in [2.24, 2.45) is 7.05 Å². The maximum absolute atomic E-state index is 14.0. The van der Waals surface area contributed by atoms with E-state index in [0.717, 1.165) is 30.5 Å². The molecule has 1 fully saturated rings. The van der Waals surface area contributed by atoms with Crippen LogP contribution in [0.5, 0.6) is 0 Å². The first kappa shape index (κ1) is 20.9. The van der Waals surface area contributed by atoms with E-state index in [1.165, 1.54) is 33.7 Å². The Balaban J connectivity index is 1.44. The summed E-state index contributed by atoms with van der Waals surface area (Å²) in [4.78, 5) is 15.5. The highest BCUT2D eigenvalue weighted by molar-refractivity contribution is 6.01. The highest BCUT2D eigenvalue weighted by Crippen LogP contribution is 2.45. The molecule has 3 aromatic heterocycles. The van der Waals surface area contributed by atoms with E-state index in [1.807, 2.05) is 4.90 Å². The Bertz CT molecular complexity index is 1450. The predicted molar refractivity (Wildman–Crippen MR) is 114 cm³/mol. The van der Waals surface area contributed by atoms with Gasteiger partial charge in [-0.3, -0.25) is 9.48 Å². The number of rotatable bonds is 2. The van der Waals surface area contributed by atoms with Crippen LogP contribution in [0.15, 0.2) is 36.7 Å². The molecular weight excluding hydrogens is 450 g/mol. The number of hydrogen-bond donors (Lipinski definition) is 0. The SMILES string of the molecule is Cn1nc2c(c1-c1cc(F)c(F)c(F)c1)C[C@@H]1CCC[C@H]2N1C(=O)c1cnn2cc(F)ccc12. The Morgan fingerprint density at radius 3 is 2.62 bits per heavy atom. The summed E-state index contributed by atoms with van der Waals surface area (Å²) in [5.41, 5.74) is 3.09. The topological polar surface area (TPSA) is 55.4 Å². The molecule has 0 unspecified atom stereocenters. The van der Waals surface area contributed by atoms with Gasteiger partial charge in [-0.15, -0.1) is 0 Å². The summed E-state index contributed by atoms with van der Waals surface area (Å²) in [5, 5.41) is 8.75. The Hall–Kier alpha value is -3.69. The van der Waals surface area contributed by atoms with Crippen LogP contribution in [-0.4, -0.2) is 36.2 Å². The van der Waals surface area contributed by atoms with Gasteiger partial charge in [0.2, 0.25) is 0 Å². The zero-order valence-corrected chi connectivity index (χ0v) is 18.1. The standard InChI is InChI=1S/C24H19F4N5O/c1-31-23(12-7-17(26)21(28)18(27)8-12)15-9-14-3-2-4-20(22(15)30-31)33(14)24(34)16-10-29-32-11-13(25)5-6-19(16)32/h5-8,10-11,14,20H,2-4,9H2,1H3/t14-,20+/m0/s1. The normalized spacial score (nSPS) is 19.5. The second-order valence-corrected chi connectivity index (χ2v) is 8.84. The predicted octanol–water partition coefficient (Wildman–Crippen LogP) is 4.58. The summed E-state index contributed by atoms with van der Waals surface area (Å²) < 4.78 is 57.9. The smallest absolute Gasteiger partial charge is 0.258 e. The monoisotopic (exact) mass is 469 g/mol. The third-order valence-corrected chi connectivity index (χ3v) is 6.88. The van der Waals surface area contributed by atoms with Crippen molar-refractivity contribution in [1.82, 2.24) is 24.3 Å². The number of aromatic nitrogens is 4. The van der Waals surface area contributed by atoms with Gasteiger partial charge in [0.1, 0.15) is 5.82 Å². The molecule has 0 N–H and O–H groups in total. The van der Waals surface area contributed by atoms with Gasteiger partial charge in [-0.25, -0.2) is 22.1 Å². The number of carbonyl (C=O) groups excluding carboxylic acids is 1. The fraction of sp³-hybridized carbons (Fsp3) is 0.292. The molecule has 5 heterocycles. The van der Waals surface area contributed by atoms with Crippen LogP contribution in [-0.2, 0) is 13.5 Å². The molecule has 0 radical (unpaired) electrons. The molecule has 6 nitrogen and oxygen atoms in total. The van der Waals surface area contributed by atoms with E-state index in [9.17, 15) is 22.4 Å². The minimum atomic E-state index is -1.51. The third kappa shape index (κ3) is 2.97. The lowest BCUT2D eigenvalue weighted by atomic mass is 9.81. The maximum Gasteiger partial charge on any atom is 0.258 e. The lowest BCUT2D eigenvalue weighted by molar-refractivity contribution is 0.0394.